The van der Waals surface area contributed by atoms with Gasteiger partial charge in [0.15, 0.2) is 0 Å². The second-order valence-corrected chi connectivity index (χ2v) is 10.9. The van der Waals surface area contributed by atoms with Gasteiger partial charge in [-0.1, -0.05) is 0 Å². The number of hydrogen-bond acceptors (Lipinski definition) is 8. The third-order valence-corrected chi connectivity index (χ3v) is 8.09. The average Bonchev–Trinajstić information content (AvgIpc) is 3.63. The summed E-state index contributed by atoms with van der Waals surface area (Å²) in [7, 11) is 32.0. The topological polar surface area (TPSA) is 73.8 Å². The second-order valence-electron chi connectivity index (χ2n) is 10.9. The van der Waals surface area contributed by atoms with E-state index in [2.05, 4.69) is 7.11 Å². The van der Waals surface area contributed by atoms with Crippen molar-refractivity contribution in [1.29, 1.82) is 0 Å². The average molecular weight is 527 g/mol. The fourth-order valence-electron chi connectivity index (χ4n) is 6.11. The maximum absolute atomic E-state index is 6.00. The molecule has 4 saturated heterocycles. The summed E-state index contributed by atoms with van der Waals surface area (Å²) in [6.07, 6.45) is 7.41. The van der Waals surface area contributed by atoms with Crippen molar-refractivity contribution in [3.8, 4) is 0 Å². The summed E-state index contributed by atoms with van der Waals surface area (Å²) in [5.41, 5.74) is 0. The van der Waals surface area contributed by atoms with E-state index in [-0.39, 0.29) is 60.6 Å². The van der Waals surface area contributed by atoms with Crippen molar-refractivity contribution in [3.63, 3.8) is 0 Å². The standard InChI is InChI=1S/C13H22B2O4.C13H21B2O4/c1-16-7-9-5-8(13(15)18-9)3-4-10-11(17-2)6-12(14)19-10;1-16-7-11-8(5-12(14)19-11)3-4-9-10(17-2)6-13(15)18-9/h8-13H,3-7H2,1-2H3;8-13H,2-7H2,1H3/q;-1. The molecule has 4 heterocycles. The second kappa shape index (κ2) is 16.4. The van der Waals surface area contributed by atoms with Gasteiger partial charge in [0.1, 0.15) is 31.4 Å². The predicted molar refractivity (Wildman–Crippen MR) is 146 cm³/mol. The van der Waals surface area contributed by atoms with E-state index in [0.29, 0.717) is 31.5 Å². The minimum atomic E-state index is -0.242. The number of rotatable bonds is 12. The third-order valence-electron chi connectivity index (χ3n) is 8.09. The summed E-state index contributed by atoms with van der Waals surface area (Å²) < 4.78 is 43.5. The van der Waals surface area contributed by atoms with E-state index in [0.717, 1.165) is 44.9 Å². The quantitative estimate of drug-likeness (QED) is 0.279. The smallest absolute Gasteiger partial charge is 0.109 e. The molecule has 8 radical (unpaired) electrons. The lowest BCUT2D eigenvalue weighted by Crippen LogP contribution is -2.26. The number of hydrogen-bond donors (Lipinski definition) is 0. The van der Waals surface area contributed by atoms with Crippen molar-refractivity contribution in [2.75, 3.05) is 34.5 Å². The fraction of sp³-hybridized carbons (Fsp3) is 0.962. The normalized spacial score (nSPS) is 42.8. The first-order valence-electron chi connectivity index (χ1n) is 13.8. The summed E-state index contributed by atoms with van der Waals surface area (Å²) in [5, 5.41) is 0. The lowest BCUT2D eigenvalue weighted by Gasteiger charge is -2.24. The van der Waals surface area contributed by atoms with Gasteiger partial charge in [0.2, 0.25) is 0 Å². The van der Waals surface area contributed by atoms with Gasteiger partial charge in [0, 0.05) is 45.3 Å². The molecular formula is C26H43B4O8-. The Hall–Kier alpha value is -0.0603. The molecule has 8 nitrogen and oxygen atoms in total. The molecule has 4 aliphatic heterocycles. The maximum atomic E-state index is 6.00. The SMILES string of the molecule is [B]C1CC(CCC2OC([B])CC2O[CH2-])C(COC)O1.[B]C1CC(OC)C(CCC2CC(COC)OC2[B])O1. The molecular weight excluding hydrogens is 484 g/mol. The third kappa shape index (κ3) is 9.51. The van der Waals surface area contributed by atoms with Gasteiger partial charge in [-0.25, -0.2) is 7.11 Å². The highest BCUT2D eigenvalue weighted by Gasteiger charge is 2.37. The van der Waals surface area contributed by atoms with Crippen LogP contribution in [0.2, 0.25) is 0 Å². The summed E-state index contributed by atoms with van der Waals surface area (Å²) in [5.74, 6) is 0.763. The minimum Gasteiger partial charge on any atom is -0.551 e. The van der Waals surface area contributed by atoms with Crippen LogP contribution in [-0.4, -0.2) is 127 Å². The lowest BCUT2D eigenvalue weighted by atomic mass is 9.82. The van der Waals surface area contributed by atoms with E-state index >= 15 is 0 Å². The molecule has 0 saturated carbocycles. The van der Waals surface area contributed by atoms with Crippen LogP contribution in [0.5, 0.6) is 0 Å². The van der Waals surface area contributed by atoms with Crippen molar-refractivity contribution >= 4 is 31.4 Å². The van der Waals surface area contributed by atoms with E-state index in [9.17, 15) is 0 Å². The molecule has 4 fully saturated rings. The van der Waals surface area contributed by atoms with Crippen LogP contribution < -0.4 is 0 Å². The zero-order chi connectivity index (χ0) is 27.7. The van der Waals surface area contributed by atoms with Crippen molar-refractivity contribution in [2.24, 2.45) is 11.8 Å². The maximum Gasteiger partial charge on any atom is 0.109 e. The minimum absolute atomic E-state index is 0.00753. The van der Waals surface area contributed by atoms with E-state index in [1.165, 1.54) is 0 Å². The first kappa shape index (κ1) is 32.5. The Morgan fingerprint density at radius 1 is 0.632 bits per heavy atom. The van der Waals surface area contributed by atoms with Crippen LogP contribution in [0.1, 0.15) is 51.4 Å². The molecule has 0 amide bonds. The molecule has 208 valence electrons. The van der Waals surface area contributed by atoms with E-state index < -0.39 is 0 Å². The Balaban J connectivity index is 0.000000211. The van der Waals surface area contributed by atoms with Crippen LogP contribution in [0.4, 0.5) is 0 Å². The lowest BCUT2D eigenvalue weighted by molar-refractivity contribution is -0.00486. The molecule has 4 rings (SSSR count). The van der Waals surface area contributed by atoms with Gasteiger partial charge in [0.05, 0.1) is 49.8 Å². The zero-order valence-electron chi connectivity index (χ0n) is 23.3. The van der Waals surface area contributed by atoms with Crippen LogP contribution in [0.15, 0.2) is 0 Å². The Labute approximate surface area is 234 Å². The van der Waals surface area contributed by atoms with Gasteiger partial charge in [-0.15, -0.1) is 0 Å². The fourth-order valence-corrected chi connectivity index (χ4v) is 6.11. The van der Waals surface area contributed by atoms with Crippen LogP contribution in [0.3, 0.4) is 0 Å². The molecule has 0 aromatic heterocycles. The van der Waals surface area contributed by atoms with Crippen molar-refractivity contribution in [1.82, 2.24) is 0 Å². The van der Waals surface area contributed by atoms with Crippen LogP contribution in [0, 0.1) is 18.9 Å². The molecule has 0 N–H and O–H groups in total. The van der Waals surface area contributed by atoms with Gasteiger partial charge in [0.25, 0.3) is 0 Å². The number of methoxy groups -OCH3 is 3. The Morgan fingerprint density at radius 2 is 1.18 bits per heavy atom. The molecule has 0 spiro atoms. The predicted octanol–water partition coefficient (Wildman–Crippen LogP) is 1.38. The monoisotopic (exact) mass is 527 g/mol. The van der Waals surface area contributed by atoms with Gasteiger partial charge in [-0.3, -0.25) is 0 Å². The summed E-state index contributed by atoms with van der Waals surface area (Å²) in [6.45, 7) is 1.19. The molecule has 12 heteroatoms. The Bertz CT molecular complexity index is 667. The highest BCUT2D eigenvalue weighted by Crippen LogP contribution is 2.34. The first-order chi connectivity index (χ1) is 18.3. The largest absolute Gasteiger partial charge is 0.551 e. The summed E-state index contributed by atoms with van der Waals surface area (Å²) >= 11 is 0. The van der Waals surface area contributed by atoms with Crippen molar-refractivity contribution < 1.29 is 37.9 Å². The van der Waals surface area contributed by atoms with Gasteiger partial charge >= 0.3 is 0 Å². The molecule has 38 heavy (non-hydrogen) atoms. The van der Waals surface area contributed by atoms with Crippen LogP contribution in [-0.2, 0) is 37.9 Å². The van der Waals surface area contributed by atoms with Gasteiger partial charge in [-0.2, -0.15) is 0 Å². The van der Waals surface area contributed by atoms with Crippen LogP contribution >= 0.6 is 0 Å². The zero-order valence-corrected chi connectivity index (χ0v) is 23.3. The van der Waals surface area contributed by atoms with E-state index in [1.807, 2.05) is 0 Å². The number of ether oxygens (including phenoxy) is 8. The molecule has 12 unspecified atom stereocenters. The van der Waals surface area contributed by atoms with Gasteiger partial charge in [-0.05, 0) is 63.2 Å². The molecule has 0 bridgehead atoms. The molecule has 0 aromatic carbocycles. The highest BCUT2D eigenvalue weighted by atomic mass is 16.6. The van der Waals surface area contributed by atoms with Gasteiger partial charge < -0.3 is 37.9 Å². The Morgan fingerprint density at radius 3 is 1.79 bits per heavy atom. The summed E-state index contributed by atoms with van der Waals surface area (Å²) in [4.78, 5) is 0. The molecule has 0 aliphatic carbocycles. The van der Waals surface area contributed by atoms with Crippen molar-refractivity contribution in [2.45, 2.75) is 112 Å². The molecule has 12 atom stereocenters. The highest BCUT2D eigenvalue weighted by molar-refractivity contribution is 6.12. The van der Waals surface area contributed by atoms with E-state index in [4.69, 9.17) is 69.3 Å². The molecule has 0 aromatic rings. The first-order valence-corrected chi connectivity index (χ1v) is 13.8. The van der Waals surface area contributed by atoms with E-state index in [1.54, 1.807) is 21.3 Å². The Kier molecular flexibility index (Phi) is 14.0. The van der Waals surface area contributed by atoms with Crippen LogP contribution in [0.25, 0.3) is 0 Å². The summed E-state index contributed by atoms with van der Waals surface area (Å²) in [6, 6.07) is -0.827. The van der Waals surface area contributed by atoms with Crippen molar-refractivity contribution in [3.05, 3.63) is 7.11 Å². The molecule has 4 aliphatic rings.